The van der Waals surface area contributed by atoms with Gasteiger partial charge in [0, 0.05) is 33.5 Å². The molecule has 0 radical (unpaired) electrons. The van der Waals surface area contributed by atoms with Gasteiger partial charge in [-0.15, -0.1) is 0 Å². The van der Waals surface area contributed by atoms with Crippen molar-refractivity contribution in [2.75, 3.05) is 26.2 Å². The number of carbonyl (C=O) groups is 3. The van der Waals surface area contributed by atoms with Crippen molar-refractivity contribution in [3.63, 3.8) is 0 Å². The maximum absolute atomic E-state index is 12.2. The lowest BCUT2D eigenvalue weighted by Gasteiger charge is -2.41. The highest BCUT2D eigenvalue weighted by atomic mass is 16.2. The summed E-state index contributed by atoms with van der Waals surface area (Å²) in [5.41, 5.74) is 1.01. The van der Waals surface area contributed by atoms with Crippen LogP contribution in [0.15, 0.2) is 30.3 Å². The van der Waals surface area contributed by atoms with Crippen LogP contribution in [-0.2, 0) is 14.4 Å². The quantitative estimate of drug-likeness (QED) is 0.887. The highest BCUT2D eigenvalue weighted by molar-refractivity contribution is 5.84. The summed E-state index contributed by atoms with van der Waals surface area (Å²) < 4.78 is 0. The second kappa shape index (κ2) is 7.06. The predicted molar refractivity (Wildman–Crippen MR) is 81.8 cm³/mol. The number of hydrogen-bond acceptors (Lipinski definition) is 3. The number of nitrogens with one attached hydrogen (secondary N) is 1. The summed E-state index contributed by atoms with van der Waals surface area (Å²) in [4.78, 5) is 38.4. The lowest BCUT2D eigenvalue weighted by atomic mass is 10.0. The van der Waals surface area contributed by atoms with Gasteiger partial charge < -0.3 is 15.1 Å². The van der Waals surface area contributed by atoms with Crippen molar-refractivity contribution in [3.05, 3.63) is 35.9 Å². The molecule has 2 rings (SSSR count). The molecule has 118 valence electrons. The molecular weight excluding hydrogens is 282 g/mol. The van der Waals surface area contributed by atoms with E-state index in [9.17, 15) is 14.4 Å². The SMILES string of the molecule is CC(=O)NCC(=O)N1CCN(C(C)=O)C(c2ccccc2)C1. The van der Waals surface area contributed by atoms with E-state index in [0.717, 1.165) is 5.56 Å². The second-order valence-electron chi connectivity index (χ2n) is 5.39. The summed E-state index contributed by atoms with van der Waals surface area (Å²) in [5, 5.41) is 2.52. The van der Waals surface area contributed by atoms with Crippen LogP contribution in [0.2, 0.25) is 0 Å². The number of hydrogen-bond donors (Lipinski definition) is 1. The molecule has 1 saturated heterocycles. The normalized spacial score (nSPS) is 18.0. The number of piperazine rings is 1. The minimum Gasteiger partial charge on any atom is -0.347 e. The van der Waals surface area contributed by atoms with Crippen LogP contribution < -0.4 is 5.32 Å². The van der Waals surface area contributed by atoms with Gasteiger partial charge in [-0.05, 0) is 5.56 Å². The smallest absolute Gasteiger partial charge is 0.242 e. The molecule has 22 heavy (non-hydrogen) atoms. The topological polar surface area (TPSA) is 69.7 Å². The Kier molecular flexibility index (Phi) is 5.14. The average molecular weight is 303 g/mol. The van der Waals surface area contributed by atoms with Crippen molar-refractivity contribution in [2.24, 2.45) is 0 Å². The Morgan fingerprint density at radius 2 is 1.82 bits per heavy atom. The van der Waals surface area contributed by atoms with E-state index in [2.05, 4.69) is 5.32 Å². The zero-order valence-electron chi connectivity index (χ0n) is 12.9. The van der Waals surface area contributed by atoms with Crippen LogP contribution in [0.25, 0.3) is 0 Å². The van der Waals surface area contributed by atoms with Gasteiger partial charge in [0.15, 0.2) is 0 Å². The van der Waals surface area contributed by atoms with Gasteiger partial charge >= 0.3 is 0 Å². The first-order valence-corrected chi connectivity index (χ1v) is 7.33. The Bertz CT molecular complexity index is 559. The summed E-state index contributed by atoms with van der Waals surface area (Å²) in [7, 11) is 0. The lowest BCUT2D eigenvalue weighted by Crippen LogP contribution is -2.53. The van der Waals surface area contributed by atoms with Crippen LogP contribution in [0.1, 0.15) is 25.5 Å². The number of nitrogens with zero attached hydrogens (tertiary/aromatic N) is 2. The molecule has 1 unspecified atom stereocenters. The van der Waals surface area contributed by atoms with E-state index in [0.29, 0.717) is 19.6 Å². The fraction of sp³-hybridized carbons (Fsp3) is 0.438. The molecule has 1 aliphatic heterocycles. The summed E-state index contributed by atoms with van der Waals surface area (Å²) >= 11 is 0. The van der Waals surface area contributed by atoms with Crippen LogP contribution in [-0.4, -0.2) is 53.7 Å². The van der Waals surface area contributed by atoms with Gasteiger partial charge in [-0.1, -0.05) is 30.3 Å². The predicted octanol–water partition coefficient (Wildman–Crippen LogP) is 0.555. The van der Waals surface area contributed by atoms with E-state index in [4.69, 9.17) is 0 Å². The second-order valence-corrected chi connectivity index (χ2v) is 5.39. The molecule has 1 aliphatic rings. The zero-order valence-corrected chi connectivity index (χ0v) is 12.9. The standard InChI is InChI=1S/C16H21N3O3/c1-12(20)17-10-16(22)18-8-9-19(13(2)21)15(11-18)14-6-4-3-5-7-14/h3-7,15H,8-11H2,1-2H3,(H,17,20). The third-order valence-corrected chi connectivity index (χ3v) is 3.81. The Hall–Kier alpha value is -2.37. The maximum Gasteiger partial charge on any atom is 0.242 e. The monoisotopic (exact) mass is 303 g/mol. The van der Waals surface area contributed by atoms with Gasteiger partial charge in [-0.25, -0.2) is 0 Å². The molecule has 1 fully saturated rings. The molecule has 3 amide bonds. The molecule has 0 aromatic heterocycles. The molecule has 0 aliphatic carbocycles. The van der Waals surface area contributed by atoms with Gasteiger partial charge in [0.05, 0.1) is 12.6 Å². The molecule has 0 spiro atoms. The van der Waals surface area contributed by atoms with Crippen LogP contribution in [0.3, 0.4) is 0 Å². The van der Waals surface area contributed by atoms with Crippen molar-refractivity contribution in [1.29, 1.82) is 0 Å². The first-order valence-electron chi connectivity index (χ1n) is 7.33. The van der Waals surface area contributed by atoms with Gasteiger partial charge in [0.1, 0.15) is 0 Å². The van der Waals surface area contributed by atoms with E-state index in [1.54, 1.807) is 16.7 Å². The van der Waals surface area contributed by atoms with Crippen molar-refractivity contribution >= 4 is 17.7 Å². The van der Waals surface area contributed by atoms with Crippen molar-refractivity contribution in [1.82, 2.24) is 15.1 Å². The van der Waals surface area contributed by atoms with Crippen molar-refractivity contribution in [2.45, 2.75) is 19.9 Å². The van der Waals surface area contributed by atoms with Crippen molar-refractivity contribution in [3.8, 4) is 0 Å². The summed E-state index contributed by atoms with van der Waals surface area (Å²) in [5.74, 6) is -0.350. The lowest BCUT2D eigenvalue weighted by molar-refractivity contribution is -0.141. The third kappa shape index (κ3) is 3.84. The fourth-order valence-corrected chi connectivity index (χ4v) is 2.66. The third-order valence-electron chi connectivity index (χ3n) is 3.81. The van der Waals surface area contributed by atoms with Crippen LogP contribution >= 0.6 is 0 Å². The minimum atomic E-state index is -0.227. The Morgan fingerprint density at radius 3 is 2.41 bits per heavy atom. The minimum absolute atomic E-state index is 0.00260. The molecular formula is C16H21N3O3. The average Bonchev–Trinajstić information content (AvgIpc) is 2.52. The van der Waals surface area contributed by atoms with E-state index >= 15 is 0 Å². The number of carbonyl (C=O) groups excluding carboxylic acids is 3. The first-order chi connectivity index (χ1) is 10.5. The van der Waals surface area contributed by atoms with Crippen LogP contribution in [0, 0.1) is 0 Å². The molecule has 1 heterocycles. The van der Waals surface area contributed by atoms with Gasteiger partial charge in [0.2, 0.25) is 17.7 Å². The number of amides is 3. The highest BCUT2D eigenvalue weighted by Gasteiger charge is 2.31. The summed E-state index contributed by atoms with van der Waals surface area (Å²) in [6.45, 7) is 4.36. The van der Waals surface area contributed by atoms with Gasteiger partial charge in [-0.2, -0.15) is 0 Å². The van der Waals surface area contributed by atoms with Crippen molar-refractivity contribution < 1.29 is 14.4 Å². The summed E-state index contributed by atoms with van der Waals surface area (Å²) in [6, 6.07) is 9.54. The summed E-state index contributed by atoms with van der Waals surface area (Å²) in [6.07, 6.45) is 0. The Morgan fingerprint density at radius 1 is 1.14 bits per heavy atom. The van der Waals surface area contributed by atoms with E-state index in [-0.39, 0.29) is 30.3 Å². The first kappa shape index (κ1) is 16.0. The largest absolute Gasteiger partial charge is 0.347 e. The zero-order chi connectivity index (χ0) is 16.1. The van der Waals surface area contributed by atoms with Crippen LogP contribution in [0.5, 0.6) is 0 Å². The molecule has 0 bridgehead atoms. The van der Waals surface area contributed by atoms with E-state index < -0.39 is 0 Å². The van der Waals surface area contributed by atoms with Crippen LogP contribution in [0.4, 0.5) is 0 Å². The molecule has 1 atom stereocenters. The molecule has 6 nitrogen and oxygen atoms in total. The molecule has 0 saturated carbocycles. The fourth-order valence-electron chi connectivity index (χ4n) is 2.66. The molecule has 1 aromatic carbocycles. The Labute approximate surface area is 130 Å². The highest BCUT2D eigenvalue weighted by Crippen LogP contribution is 2.25. The molecule has 1 aromatic rings. The maximum atomic E-state index is 12.2. The van der Waals surface area contributed by atoms with E-state index in [1.807, 2.05) is 30.3 Å². The number of benzene rings is 1. The Balaban J connectivity index is 2.11. The van der Waals surface area contributed by atoms with Gasteiger partial charge in [0.25, 0.3) is 0 Å². The van der Waals surface area contributed by atoms with Gasteiger partial charge in [-0.3, -0.25) is 14.4 Å². The number of rotatable bonds is 3. The molecule has 1 N–H and O–H groups in total. The molecule has 6 heteroatoms. The van der Waals surface area contributed by atoms with E-state index in [1.165, 1.54) is 6.92 Å².